The summed E-state index contributed by atoms with van der Waals surface area (Å²) in [6.45, 7) is 3.72. The lowest BCUT2D eigenvalue weighted by atomic mass is 10.3. The summed E-state index contributed by atoms with van der Waals surface area (Å²) in [5, 5.41) is 1.17. The van der Waals surface area contributed by atoms with Gasteiger partial charge in [-0.25, -0.2) is 0 Å². The monoisotopic (exact) mass is 178 g/mol. The molecule has 3 nitrogen and oxygen atoms in total. The molecule has 0 aliphatic heterocycles. The Morgan fingerprint density at radius 3 is 2.77 bits per heavy atom. The van der Waals surface area contributed by atoms with Crippen molar-refractivity contribution < 1.29 is 9.63 Å². The lowest BCUT2D eigenvalue weighted by Crippen LogP contribution is -2.25. The molecule has 1 radical (unpaired) electrons. The second-order valence-electron chi connectivity index (χ2n) is 2.83. The molecule has 0 heterocycles. The van der Waals surface area contributed by atoms with E-state index < -0.39 is 0 Å². The van der Waals surface area contributed by atoms with Gasteiger partial charge < -0.3 is 0 Å². The van der Waals surface area contributed by atoms with E-state index in [9.17, 15) is 4.79 Å². The van der Waals surface area contributed by atoms with E-state index in [1.165, 1.54) is 5.06 Å². The van der Waals surface area contributed by atoms with Gasteiger partial charge in [-0.15, -0.1) is 0 Å². The summed E-state index contributed by atoms with van der Waals surface area (Å²) in [5.41, 5.74) is 0.617. The van der Waals surface area contributed by atoms with Gasteiger partial charge >= 0.3 is 0 Å². The average Bonchev–Trinajstić information content (AvgIpc) is 2.15. The largest absolute Gasteiger partial charge is 0.276 e. The quantitative estimate of drug-likeness (QED) is 0.519. The van der Waals surface area contributed by atoms with E-state index in [-0.39, 0.29) is 6.10 Å². The first-order chi connectivity index (χ1) is 6.24. The summed E-state index contributed by atoms with van der Waals surface area (Å²) in [4.78, 5) is 15.8. The van der Waals surface area contributed by atoms with E-state index in [0.717, 1.165) is 0 Å². The number of anilines is 1. The Balaban J connectivity index is 2.73. The van der Waals surface area contributed by atoms with Crippen molar-refractivity contribution in [3.05, 3.63) is 30.3 Å². The Kier molecular flexibility index (Phi) is 3.46. The number of para-hydroxylation sites is 1. The molecule has 13 heavy (non-hydrogen) atoms. The van der Waals surface area contributed by atoms with Crippen LogP contribution in [0.3, 0.4) is 0 Å². The van der Waals surface area contributed by atoms with Crippen LogP contribution >= 0.6 is 0 Å². The molecule has 3 heteroatoms. The van der Waals surface area contributed by atoms with E-state index in [1.54, 1.807) is 12.1 Å². The van der Waals surface area contributed by atoms with Crippen molar-refractivity contribution in [3.63, 3.8) is 0 Å². The van der Waals surface area contributed by atoms with Gasteiger partial charge in [-0.1, -0.05) is 18.2 Å². The van der Waals surface area contributed by atoms with Crippen LogP contribution in [0.1, 0.15) is 13.8 Å². The lowest BCUT2D eigenvalue weighted by molar-refractivity contribution is -0.115. The fourth-order valence-electron chi connectivity index (χ4n) is 0.886. The molecule has 1 aromatic carbocycles. The number of hydroxylamine groups is 1. The molecule has 69 valence electrons. The lowest BCUT2D eigenvalue weighted by Gasteiger charge is -2.18. The summed E-state index contributed by atoms with van der Waals surface area (Å²) in [5.74, 6) is 0. The fraction of sp³-hybridized carbons (Fsp3) is 0.300. The van der Waals surface area contributed by atoms with Gasteiger partial charge in [0.1, 0.15) is 0 Å². The highest BCUT2D eigenvalue weighted by Crippen LogP contribution is 2.11. The number of rotatable bonds is 4. The van der Waals surface area contributed by atoms with Crippen molar-refractivity contribution in [1.82, 2.24) is 0 Å². The van der Waals surface area contributed by atoms with E-state index in [1.807, 2.05) is 26.0 Å². The van der Waals surface area contributed by atoms with Gasteiger partial charge in [0.15, 0.2) is 0 Å². The molecule has 0 aromatic heterocycles. The number of amides is 1. The summed E-state index contributed by atoms with van der Waals surface area (Å²) in [7, 11) is 0. The maximum Gasteiger partial charge on any atom is 0.238 e. The zero-order chi connectivity index (χ0) is 9.68. The molecule has 0 spiro atoms. The first kappa shape index (κ1) is 9.74. The van der Waals surface area contributed by atoms with Crippen LogP contribution in [0.5, 0.6) is 0 Å². The second kappa shape index (κ2) is 4.62. The molecule has 1 amide bonds. The van der Waals surface area contributed by atoms with Gasteiger partial charge in [0.2, 0.25) is 6.41 Å². The Hall–Kier alpha value is -1.35. The number of hydrogen-bond donors (Lipinski definition) is 0. The topological polar surface area (TPSA) is 29.5 Å². The SMILES string of the molecule is CC(C)ON(C=O)c1[c]cccc1. The molecule has 0 aliphatic rings. The van der Waals surface area contributed by atoms with Crippen LogP contribution in [0.2, 0.25) is 0 Å². The van der Waals surface area contributed by atoms with Crippen molar-refractivity contribution >= 4 is 12.1 Å². The molecule has 0 N–H and O–H groups in total. The van der Waals surface area contributed by atoms with E-state index in [0.29, 0.717) is 12.1 Å². The van der Waals surface area contributed by atoms with Gasteiger partial charge in [0.25, 0.3) is 0 Å². The summed E-state index contributed by atoms with van der Waals surface area (Å²) >= 11 is 0. The third kappa shape index (κ3) is 2.87. The van der Waals surface area contributed by atoms with Gasteiger partial charge in [0, 0.05) is 6.07 Å². The molecule has 0 saturated carbocycles. The normalized spacial score (nSPS) is 10.1. The summed E-state index contributed by atoms with van der Waals surface area (Å²) in [6.07, 6.45) is 0.602. The Bertz CT molecular complexity index is 259. The van der Waals surface area contributed by atoms with Gasteiger partial charge in [-0.2, -0.15) is 5.06 Å². The zero-order valence-electron chi connectivity index (χ0n) is 7.73. The van der Waals surface area contributed by atoms with Gasteiger partial charge in [-0.3, -0.25) is 9.63 Å². The molecule has 0 unspecified atom stereocenters. The minimum Gasteiger partial charge on any atom is -0.276 e. The number of carbonyl (C=O) groups is 1. The highest BCUT2D eigenvalue weighted by molar-refractivity contribution is 5.71. The number of benzene rings is 1. The maximum atomic E-state index is 10.6. The second-order valence-corrected chi connectivity index (χ2v) is 2.83. The smallest absolute Gasteiger partial charge is 0.238 e. The number of carbonyl (C=O) groups excluding carboxylic acids is 1. The minimum atomic E-state index is -0.0289. The molecular weight excluding hydrogens is 166 g/mol. The molecule has 0 saturated heterocycles. The predicted molar refractivity (Wildman–Crippen MR) is 50.0 cm³/mol. The first-order valence-electron chi connectivity index (χ1n) is 4.12. The average molecular weight is 178 g/mol. The van der Waals surface area contributed by atoms with E-state index in [2.05, 4.69) is 6.07 Å². The third-order valence-electron chi connectivity index (χ3n) is 1.35. The van der Waals surface area contributed by atoms with E-state index in [4.69, 9.17) is 4.84 Å². The van der Waals surface area contributed by atoms with Crippen LogP contribution in [0.4, 0.5) is 5.69 Å². The van der Waals surface area contributed by atoms with Gasteiger partial charge in [-0.05, 0) is 19.9 Å². The van der Waals surface area contributed by atoms with Crippen LogP contribution < -0.4 is 5.06 Å². The Morgan fingerprint density at radius 1 is 1.54 bits per heavy atom. The van der Waals surface area contributed by atoms with Crippen molar-refractivity contribution in [2.45, 2.75) is 20.0 Å². The molecule has 0 bridgehead atoms. The number of nitrogens with zero attached hydrogens (tertiary/aromatic N) is 1. The van der Waals surface area contributed by atoms with Crippen LogP contribution in [0.15, 0.2) is 24.3 Å². The minimum absolute atomic E-state index is 0.0289. The van der Waals surface area contributed by atoms with Crippen molar-refractivity contribution in [2.75, 3.05) is 5.06 Å². The molecule has 1 rings (SSSR count). The molecule has 1 aromatic rings. The van der Waals surface area contributed by atoms with Crippen LogP contribution in [-0.4, -0.2) is 12.5 Å². The molecular formula is C10H12NO2. The summed E-state index contributed by atoms with van der Waals surface area (Å²) < 4.78 is 0. The predicted octanol–water partition coefficient (Wildman–Crippen LogP) is 1.79. The Labute approximate surface area is 77.9 Å². The standard InChI is InChI=1S/C10H12NO2/c1-9(2)13-11(8-12)10-6-4-3-5-7-10/h3-6,8-9H,1-2H3. The van der Waals surface area contributed by atoms with Crippen molar-refractivity contribution in [1.29, 1.82) is 0 Å². The fourth-order valence-corrected chi connectivity index (χ4v) is 0.886. The molecule has 0 atom stereocenters. The van der Waals surface area contributed by atoms with Crippen molar-refractivity contribution in [2.24, 2.45) is 0 Å². The van der Waals surface area contributed by atoms with Crippen molar-refractivity contribution in [3.8, 4) is 0 Å². The highest BCUT2D eigenvalue weighted by Gasteiger charge is 2.06. The molecule has 0 fully saturated rings. The van der Waals surface area contributed by atoms with Crippen LogP contribution in [-0.2, 0) is 9.63 Å². The highest BCUT2D eigenvalue weighted by atomic mass is 16.7. The van der Waals surface area contributed by atoms with Crippen LogP contribution in [0.25, 0.3) is 0 Å². The summed E-state index contributed by atoms with van der Waals surface area (Å²) in [6, 6.07) is 10.0. The molecule has 0 aliphatic carbocycles. The zero-order valence-corrected chi connectivity index (χ0v) is 7.73. The van der Waals surface area contributed by atoms with Gasteiger partial charge in [0.05, 0.1) is 11.8 Å². The first-order valence-corrected chi connectivity index (χ1v) is 4.12. The number of hydrogen-bond acceptors (Lipinski definition) is 2. The Morgan fingerprint density at radius 2 is 2.31 bits per heavy atom. The maximum absolute atomic E-state index is 10.6. The third-order valence-corrected chi connectivity index (χ3v) is 1.35. The van der Waals surface area contributed by atoms with E-state index >= 15 is 0 Å². The van der Waals surface area contributed by atoms with Crippen LogP contribution in [0, 0.1) is 6.07 Å².